The number of ether oxygens (including phenoxy) is 2. The van der Waals surface area contributed by atoms with Crippen LogP contribution in [0.4, 0.5) is 0 Å². The molecule has 4 atom stereocenters. The van der Waals surface area contributed by atoms with E-state index in [0.29, 0.717) is 23.1 Å². The zero-order valence-corrected chi connectivity index (χ0v) is 16.4. The molecule has 1 saturated carbocycles. The minimum absolute atomic E-state index is 0.0220. The first-order valence-corrected chi connectivity index (χ1v) is 9.38. The molecule has 148 valence electrons. The van der Waals surface area contributed by atoms with E-state index in [1.807, 2.05) is 0 Å². The summed E-state index contributed by atoms with van der Waals surface area (Å²) in [4.78, 5) is 24.3. The molecule has 0 saturated heterocycles. The molecule has 2 N–H and O–H groups in total. The van der Waals surface area contributed by atoms with Gasteiger partial charge in [0, 0.05) is 12.1 Å². The van der Waals surface area contributed by atoms with Crippen LogP contribution < -0.4 is 10.1 Å². The third kappa shape index (κ3) is 5.74. The molecule has 0 spiro atoms. The van der Waals surface area contributed by atoms with Crippen molar-refractivity contribution in [1.29, 1.82) is 0 Å². The number of aromatic hydroxyl groups is 1. The maximum absolute atomic E-state index is 12.3. The molecule has 0 unspecified atom stereocenters. The highest BCUT2D eigenvalue weighted by Gasteiger charge is 2.29. The second-order valence-electron chi connectivity index (χ2n) is 7.23. The van der Waals surface area contributed by atoms with Crippen molar-refractivity contribution >= 4 is 18.0 Å². The average Bonchev–Trinajstić information content (AvgIpc) is 2.64. The zero-order valence-electron chi connectivity index (χ0n) is 16.4. The number of phenols is 1. The van der Waals surface area contributed by atoms with Gasteiger partial charge >= 0.3 is 5.97 Å². The molecule has 1 aliphatic carbocycles. The van der Waals surface area contributed by atoms with Gasteiger partial charge in [0.05, 0.1) is 7.11 Å². The Kier molecular flexibility index (Phi) is 7.28. The Morgan fingerprint density at radius 3 is 2.74 bits per heavy atom. The second-order valence-corrected chi connectivity index (χ2v) is 7.23. The number of amides is 1. The summed E-state index contributed by atoms with van der Waals surface area (Å²) in [7, 11) is 1.45. The lowest BCUT2D eigenvalue weighted by Crippen LogP contribution is -2.47. The van der Waals surface area contributed by atoms with E-state index in [0.717, 1.165) is 12.8 Å². The van der Waals surface area contributed by atoms with Gasteiger partial charge in [-0.1, -0.05) is 32.8 Å². The third-order valence-electron chi connectivity index (χ3n) is 5.31. The van der Waals surface area contributed by atoms with Crippen LogP contribution in [0.5, 0.6) is 11.5 Å². The molecule has 0 aliphatic heterocycles. The summed E-state index contributed by atoms with van der Waals surface area (Å²) in [5.74, 6) is 0.453. The first-order chi connectivity index (χ1) is 12.8. The SMILES string of the molecule is COc1cc(/C=C/C(=O)O[C@H](C)C(=O)N[C@@H]2CCC[C@H](C)[C@H]2C)ccc1O. The Labute approximate surface area is 160 Å². The van der Waals surface area contributed by atoms with Crippen molar-refractivity contribution < 1.29 is 24.2 Å². The Morgan fingerprint density at radius 1 is 1.30 bits per heavy atom. The standard InChI is InChI=1S/C21H29NO5/c1-13-6-5-7-17(14(13)2)22-21(25)15(3)27-20(24)11-9-16-8-10-18(23)19(12-16)26-4/h8-15,17,23H,5-7H2,1-4H3,(H,22,25)/b11-9+/t13-,14+,15+,17+/m0/s1. The van der Waals surface area contributed by atoms with E-state index >= 15 is 0 Å². The van der Waals surface area contributed by atoms with Crippen molar-refractivity contribution in [3.63, 3.8) is 0 Å². The van der Waals surface area contributed by atoms with Crippen molar-refractivity contribution in [2.45, 2.75) is 52.2 Å². The quantitative estimate of drug-likeness (QED) is 0.589. The number of carbonyl (C=O) groups excluding carboxylic acids is 2. The van der Waals surface area contributed by atoms with Crippen LogP contribution in [0.2, 0.25) is 0 Å². The Bertz CT molecular complexity index is 700. The zero-order chi connectivity index (χ0) is 20.0. The fourth-order valence-corrected chi connectivity index (χ4v) is 3.31. The predicted octanol–water partition coefficient (Wildman–Crippen LogP) is 3.29. The van der Waals surface area contributed by atoms with Crippen molar-refractivity contribution in [2.24, 2.45) is 11.8 Å². The number of carbonyl (C=O) groups is 2. The van der Waals surface area contributed by atoms with E-state index < -0.39 is 12.1 Å². The predicted molar refractivity (Wildman–Crippen MR) is 103 cm³/mol. The Balaban J connectivity index is 1.88. The maximum Gasteiger partial charge on any atom is 0.331 e. The number of phenolic OH excluding ortho intramolecular Hbond substituents is 1. The van der Waals surface area contributed by atoms with E-state index in [2.05, 4.69) is 19.2 Å². The molecule has 6 nitrogen and oxygen atoms in total. The lowest BCUT2D eigenvalue weighted by atomic mass is 9.78. The summed E-state index contributed by atoms with van der Waals surface area (Å²) in [5, 5.41) is 12.6. The molecule has 1 aromatic rings. The van der Waals surface area contributed by atoms with Crippen LogP contribution in [-0.4, -0.2) is 36.2 Å². The molecule has 6 heteroatoms. The van der Waals surface area contributed by atoms with Crippen molar-refractivity contribution in [1.82, 2.24) is 5.32 Å². The van der Waals surface area contributed by atoms with E-state index in [-0.39, 0.29) is 17.7 Å². The highest BCUT2D eigenvalue weighted by atomic mass is 16.5. The second kappa shape index (κ2) is 9.44. The molecule has 0 aromatic heterocycles. The van der Waals surface area contributed by atoms with Crippen LogP contribution in [0.15, 0.2) is 24.3 Å². The number of benzene rings is 1. The number of hydrogen-bond acceptors (Lipinski definition) is 5. The maximum atomic E-state index is 12.3. The largest absolute Gasteiger partial charge is 0.504 e. The van der Waals surface area contributed by atoms with E-state index in [1.54, 1.807) is 25.1 Å². The molecule has 0 radical (unpaired) electrons. The van der Waals surface area contributed by atoms with Crippen LogP contribution >= 0.6 is 0 Å². The number of esters is 1. The lowest BCUT2D eigenvalue weighted by molar-refractivity contribution is -0.150. The first-order valence-electron chi connectivity index (χ1n) is 9.38. The number of methoxy groups -OCH3 is 1. The molecule has 1 aliphatic rings. The van der Waals surface area contributed by atoms with Crippen LogP contribution in [0.3, 0.4) is 0 Å². The Hall–Kier alpha value is -2.50. The summed E-state index contributed by atoms with van der Waals surface area (Å²) in [6.07, 6.45) is 5.18. The minimum atomic E-state index is -0.860. The molecule has 1 aromatic carbocycles. The van der Waals surface area contributed by atoms with Gasteiger partial charge in [-0.2, -0.15) is 0 Å². The Morgan fingerprint density at radius 2 is 2.04 bits per heavy atom. The van der Waals surface area contributed by atoms with Crippen LogP contribution in [0.25, 0.3) is 6.08 Å². The number of hydrogen-bond donors (Lipinski definition) is 2. The van der Waals surface area contributed by atoms with Crippen LogP contribution in [0, 0.1) is 11.8 Å². The third-order valence-corrected chi connectivity index (χ3v) is 5.31. The van der Waals surface area contributed by atoms with Gasteiger partial charge in [-0.05, 0) is 49.0 Å². The summed E-state index contributed by atoms with van der Waals surface area (Å²) in [5.41, 5.74) is 0.670. The monoisotopic (exact) mass is 375 g/mol. The van der Waals surface area contributed by atoms with Crippen molar-refractivity contribution in [3.8, 4) is 11.5 Å². The van der Waals surface area contributed by atoms with Gasteiger partial charge in [-0.25, -0.2) is 4.79 Å². The van der Waals surface area contributed by atoms with Crippen molar-refractivity contribution in [3.05, 3.63) is 29.8 Å². The van der Waals surface area contributed by atoms with Gasteiger partial charge < -0.3 is 19.9 Å². The topological polar surface area (TPSA) is 84.9 Å². The lowest BCUT2D eigenvalue weighted by Gasteiger charge is -2.35. The summed E-state index contributed by atoms with van der Waals surface area (Å²) < 4.78 is 10.2. The van der Waals surface area contributed by atoms with Gasteiger partial charge in [0.15, 0.2) is 17.6 Å². The molecule has 0 heterocycles. The smallest absolute Gasteiger partial charge is 0.331 e. The van der Waals surface area contributed by atoms with Gasteiger partial charge in [0.1, 0.15) is 0 Å². The summed E-state index contributed by atoms with van der Waals surface area (Å²) in [6, 6.07) is 4.85. The highest BCUT2D eigenvalue weighted by Crippen LogP contribution is 2.29. The molecular weight excluding hydrogens is 346 g/mol. The van der Waals surface area contributed by atoms with E-state index in [4.69, 9.17) is 9.47 Å². The molecule has 2 rings (SSSR count). The molecule has 1 fully saturated rings. The summed E-state index contributed by atoms with van der Waals surface area (Å²) in [6.45, 7) is 5.93. The van der Waals surface area contributed by atoms with Gasteiger partial charge in [-0.15, -0.1) is 0 Å². The summed E-state index contributed by atoms with van der Waals surface area (Å²) >= 11 is 0. The molecule has 1 amide bonds. The normalized spacial score (nSPS) is 23.6. The fourth-order valence-electron chi connectivity index (χ4n) is 3.31. The number of nitrogens with one attached hydrogen (secondary N) is 1. The average molecular weight is 375 g/mol. The fraction of sp³-hybridized carbons (Fsp3) is 0.524. The first kappa shape index (κ1) is 20.8. The highest BCUT2D eigenvalue weighted by molar-refractivity contribution is 5.90. The van der Waals surface area contributed by atoms with Gasteiger partial charge in [-0.3, -0.25) is 4.79 Å². The molecule has 27 heavy (non-hydrogen) atoms. The van der Waals surface area contributed by atoms with Gasteiger partial charge in [0.2, 0.25) is 0 Å². The van der Waals surface area contributed by atoms with E-state index in [9.17, 15) is 14.7 Å². The van der Waals surface area contributed by atoms with E-state index in [1.165, 1.54) is 25.7 Å². The van der Waals surface area contributed by atoms with Gasteiger partial charge in [0.25, 0.3) is 5.91 Å². The molecular formula is C21H29NO5. The number of rotatable bonds is 6. The van der Waals surface area contributed by atoms with Crippen molar-refractivity contribution in [2.75, 3.05) is 7.11 Å². The minimum Gasteiger partial charge on any atom is -0.504 e. The van der Waals surface area contributed by atoms with Crippen LogP contribution in [-0.2, 0) is 14.3 Å². The molecule has 0 bridgehead atoms. The van der Waals surface area contributed by atoms with Crippen LogP contribution in [0.1, 0.15) is 45.6 Å².